The maximum atomic E-state index is 14.0. The Balaban J connectivity index is 1.04. The first-order valence-electron chi connectivity index (χ1n) is 21.9. The van der Waals surface area contributed by atoms with Crippen LogP contribution in [0.4, 0.5) is 0 Å². The second kappa shape index (κ2) is 19.9. The first kappa shape index (κ1) is 43.7. The van der Waals surface area contributed by atoms with E-state index in [0.29, 0.717) is 44.3 Å². The molecular formula is C42H66N8O8. The Hall–Kier alpha value is -3.92. The number of carbonyl (C=O) groups is 4. The molecule has 16 nitrogen and oxygen atoms in total. The molecule has 2 saturated carbocycles. The van der Waals surface area contributed by atoms with Gasteiger partial charge in [-0.2, -0.15) is 9.97 Å². The fraction of sp³-hybridized carbons (Fsp3) is 0.810. The quantitative estimate of drug-likeness (QED) is 0.145. The minimum atomic E-state index is -0.955. The van der Waals surface area contributed by atoms with Crippen molar-refractivity contribution in [3.05, 3.63) is 23.4 Å². The number of aromatic nitrogens is 4. The molecule has 3 N–H and O–H groups in total. The lowest BCUT2D eigenvalue weighted by Gasteiger charge is -2.52. The predicted molar refractivity (Wildman–Crippen MR) is 213 cm³/mol. The second-order valence-corrected chi connectivity index (χ2v) is 18.4. The Morgan fingerprint density at radius 2 is 1.40 bits per heavy atom. The highest BCUT2D eigenvalue weighted by Gasteiger charge is 2.48. The first-order valence-corrected chi connectivity index (χ1v) is 21.9. The minimum Gasteiger partial charge on any atom is -0.481 e. The molecule has 0 aromatic carbocycles. The van der Waals surface area contributed by atoms with Gasteiger partial charge >= 0.3 is 11.9 Å². The van der Waals surface area contributed by atoms with E-state index in [4.69, 9.17) is 13.8 Å². The maximum Gasteiger partial charge on any atom is 0.307 e. The molecule has 58 heavy (non-hydrogen) atoms. The van der Waals surface area contributed by atoms with Gasteiger partial charge in [0.15, 0.2) is 0 Å². The summed E-state index contributed by atoms with van der Waals surface area (Å²) in [4.78, 5) is 64.1. The van der Waals surface area contributed by atoms with E-state index in [1.807, 2.05) is 39.8 Å². The number of aliphatic carboxylic acids is 1. The van der Waals surface area contributed by atoms with Gasteiger partial charge in [0, 0.05) is 43.6 Å². The van der Waals surface area contributed by atoms with Crippen LogP contribution in [0.3, 0.4) is 0 Å². The molecule has 0 radical (unpaired) electrons. The molecule has 4 unspecified atom stereocenters. The Morgan fingerprint density at radius 3 is 2.00 bits per heavy atom. The Kier molecular flexibility index (Phi) is 15.0. The minimum absolute atomic E-state index is 0.0146. The van der Waals surface area contributed by atoms with Gasteiger partial charge in [-0.1, -0.05) is 80.9 Å². The SMILES string of the molecule is CNC1CN(C(=O)c2noc([C@H](CCCC3CCCC(C4C(NC)CN4C(=O)c4noc([C@H](CCCC5CCCCC5)CC(=O)OC(C)(C)C)n4)C3)CC(=O)O)n2)C1. The Morgan fingerprint density at radius 1 is 0.793 bits per heavy atom. The van der Waals surface area contributed by atoms with Gasteiger partial charge in [0.25, 0.3) is 23.5 Å². The third-order valence-corrected chi connectivity index (χ3v) is 13.0. The molecule has 2 aliphatic heterocycles. The molecular weight excluding hydrogens is 745 g/mol. The average Bonchev–Trinajstić information content (AvgIpc) is 3.85. The van der Waals surface area contributed by atoms with Crippen LogP contribution in [0.2, 0.25) is 0 Å². The molecule has 6 rings (SSSR count). The summed E-state index contributed by atoms with van der Waals surface area (Å²) in [7, 11) is 3.78. The van der Waals surface area contributed by atoms with Gasteiger partial charge in [0.2, 0.25) is 11.8 Å². The van der Waals surface area contributed by atoms with E-state index in [9.17, 15) is 24.3 Å². The maximum absolute atomic E-state index is 14.0. The van der Waals surface area contributed by atoms with E-state index in [1.54, 1.807) is 4.90 Å². The fourth-order valence-corrected chi connectivity index (χ4v) is 9.76. The van der Waals surface area contributed by atoms with Crippen molar-refractivity contribution >= 4 is 23.8 Å². The lowest BCUT2D eigenvalue weighted by atomic mass is 9.71. The largest absolute Gasteiger partial charge is 0.481 e. The summed E-state index contributed by atoms with van der Waals surface area (Å²) in [5.41, 5.74) is -0.607. The number of likely N-dealkylation sites (tertiary alicyclic amines) is 2. The number of amides is 2. The number of esters is 1. The van der Waals surface area contributed by atoms with Gasteiger partial charge in [-0.05, 0) is 78.3 Å². The van der Waals surface area contributed by atoms with Crippen molar-refractivity contribution in [3.8, 4) is 0 Å². The second-order valence-electron chi connectivity index (χ2n) is 18.4. The van der Waals surface area contributed by atoms with Crippen LogP contribution in [0.5, 0.6) is 0 Å². The summed E-state index contributed by atoms with van der Waals surface area (Å²) in [6, 6.07) is 0.375. The van der Waals surface area contributed by atoms with Crippen LogP contribution in [0.15, 0.2) is 9.05 Å². The molecule has 6 atom stereocenters. The molecule has 4 aliphatic rings. The van der Waals surface area contributed by atoms with Gasteiger partial charge in [-0.3, -0.25) is 19.2 Å². The number of carboxylic acid groups (broad SMARTS) is 1. The molecule has 2 saturated heterocycles. The van der Waals surface area contributed by atoms with Crippen LogP contribution >= 0.6 is 0 Å². The monoisotopic (exact) mass is 811 g/mol. The Labute approximate surface area is 342 Å². The summed E-state index contributed by atoms with van der Waals surface area (Å²) in [6.45, 7) is 7.25. The van der Waals surface area contributed by atoms with E-state index in [2.05, 4.69) is 30.9 Å². The number of ether oxygens (including phenoxy) is 1. The highest BCUT2D eigenvalue weighted by atomic mass is 16.6. The van der Waals surface area contributed by atoms with E-state index in [-0.39, 0.29) is 78.1 Å². The van der Waals surface area contributed by atoms with Crippen molar-refractivity contribution in [3.63, 3.8) is 0 Å². The number of hydrogen-bond donors (Lipinski definition) is 3. The standard InChI is InChI=1S/C42H66N8O8/c1-42(2,3)56-34(53)22-30(19-9-14-26-12-7-6-8-13-26)39-46-37(48-58-39)41(55)50-25-32(44-5)35(50)28-17-10-15-27(20-28)16-11-18-29(21-33(51)52)38-45-36(47-57-38)40(54)49-23-31(24-49)43-4/h26-32,35,43-44H,6-25H2,1-5H3,(H,51,52)/t27?,28?,29-,30-,32?,35?/m1/s1. The van der Waals surface area contributed by atoms with Crippen molar-refractivity contribution in [2.75, 3.05) is 33.7 Å². The van der Waals surface area contributed by atoms with Crippen LogP contribution in [-0.2, 0) is 14.3 Å². The summed E-state index contributed by atoms with van der Waals surface area (Å²) < 4.78 is 16.9. The normalized spacial score (nSPS) is 24.2. The van der Waals surface area contributed by atoms with Gasteiger partial charge in [-0.25, -0.2) is 0 Å². The van der Waals surface area contributed by atoms with Crippen molar-refractivity contribution < 1.29 is 38.1 Å². The molecule has 4 heterocycles. The average molecular weight is 811 g/mol. The van der Waals surface area contributed by atoms with E-state index in [0.717, 1.165) is 57.3 Å². The predicted octanol–water partition coefficient (Wildman–Crippen LogP) is 5.71. The molecule has 2 aliphatic carbocycles. The molecule has 0 bridgehead atoms. The summed E-state index contributed by atoms with van der Waals surface area (Å²) in [5.74, 6) is -0.700. The summed E-state index contributed by atoms with van der Waals surface area (Å²) >= 11 is 0. The van der Waals surface area contributed by atoms with Crippen molar-refractivity contribution in [1.29, 1.82) is 0 Å². The van der Waals surface area contributed by atoms with E-state index < -0.39 is 17.5 Å². The zero-order valence-electron chi connectivity index (χ0n) is 35.2. The molecule has 4 fully saturated rings. The molecule has 16 heteroatoms. The summed E-state index contributed by atoms with van der Waals surface area (Å²) in [6.07, 6.45) is 15.5. The number of carboxylic acids is 1. The zero-order chi connectivity index (χ0) is 41.4. The van der Waals surface area contributed by atoms with E-state index >= 15 is 0 Å². The van der Waals surface area contributed by atoms with E-state index in [1.165, 1.54) is 32.1 Å². The number of nitrogens with zero attached hydrogens (tertiary/aromatic N) is 6. The molecule has 2 aromatic rings. The molecule has 2 amide bonds. The molecule has 322 valence electrons. The number of carbonyl (C=O) groups excluding carboxylic acids is 3. The lowest BCUT2D eigenvalue weighted by molar-refractivity contribution is -0.155. The highest BCUT2D eigenvalue weighted by Crippen LogP contribution is 2.41. The third-order valence-electron chi connectivity index (χ3n) is 13.0. The van der Waals surface area contributed by atoms with Crippen molar-refractivity contribution in [1.82, 2.24) is 40.7 Å². The first-order chi connectivity index (χ1) is 27.8. The molecule has 2 aromatic heterocycles. The fourth-order valence-electron chi connectivity index (χ4n) is 9.76. The van der Waals surface area contributed by atoms with Gasteiger partial charge in [0.05, 0.1) is 18.9 Å². The van der Waals surface area contributed by atoms with Crippen LogP contribution in [0.1, 0.15) is 175 Å². The van der Waals surface area contributed by atoms with Crippen molar-refractivity contribution in [2.24, 2.45) is 17.8 Å². The number of nitrogens with one attached hydrogen (secondary N) is 2. The van der Waals surface area contributed by atoms with Gasteiger partial charge < -0.3 is 39.3 Å². The topological polar surface area (TPSA) is 206 Å². The smallest absolute Gasteiger partial charge is 0.307 e. The van der Waals surface area contributed by atoms with Crippen molar-refractivity contribution in [2.45, 2.75) is 165 Å². The van der Waals surface area contributed by atoms with Crippen LogP contribution < -0.4 is 10.6 Å². The molecule has 0 spiro atoms. The Bertz CT molecular complexity index is 1680. The summed E-state index contributed by atoms with van der Waals surface area (Å²) in [5, 5.41) is 24.3. The highest BCUT2D eigenvalue weighted by molar-refractivity contribution is 5.91. The van der Waals surface area contributed by atoms with Gasteiger partial charge in [0.1, 0.15) is 5.60 Å². The van der Waals surface area contributed by atoms with Crippen LogP contribution in [0, 0.1) is 17.8 Å². The number of rotatable bonds is 19. The number of hydrogen-bond acceptors (Lipinski definition) is 13. The zero-order valence-corrected chi connectivity index (χ0v) is 35.2. The van der Waals surface area contributed by atoms with Gasteiger partial charge in [-0.15, -0.1) is 0 Å². The van der Waals surface area contributed by atoms with Crippen LogP contribution in [-0.4, -0.2) is 116 Å². The third kappa shape index (κ3) is 11.4. The van der Waals surface area contributed by atoms with Crippen LogP contribution in [0.25, 0.3) is 0 Å². The number of likely N-dealkylation sites (N-methyl/N-ethyl adjacent to an activating group) is 2. The lowest BCUT2D eigenvalue weighted by Crippen LogP contribution is -2.69.